The van der Waals surface area contributed by atoms with E-state index in [9.17, 15) is 9.59 Å². The Balaban J connectivity index is 3.06. The molecule has 2 nitrogen and oxygen atoms in total. The minimum Gasteiger partial charge on any atom is -0.427 e. The third kappa shape index (κ3) is 2.93. The van der Waals surface area contributed by atoms with Crippen LogP contribution in [0.1, 0.15) is 27.7 Å². The summed E-state index contributed by atoms with van der Waals surface area (Å²) in [5.74, 6) is 0. The van der Waals surface area contributed by atoms with Gasteiger partial charge in [0.2, 0.25) is 16.6 Å². The van der Waals surface area contributed by atoms with Gasteiger partial charge >= 0.3 is 0 Å². The molecule has 0 atom stereocenters. The number of rotatable bonds is 6. The van der Waals surface area contributed by atoms with Crippen LogP contribution in [0.5, 0.6) is 0 Å². The van der Waals surface area contributed by atoms with Gasteiger partial charge in [0, 0.05) is 0 Å². The fourth-order valence-electron chi connectivity index (χ4n) is 2.41. The third-order valence-electron chi connectivity index (χ3n) is 4.30. The maximum absolute atomic E-state index is 10.6. The molecule has 4 heteroatoms. The normalized spacial score (nSPS) is 12.8. The summed E-state index contributed by atoms with van der Waals surface area (Å²) in [5.41, 5.74) is 0. The maximum atomic E-state index is 10.6. The van der Waals surface area contributed by atoms with Crippen LogP contribution in [0, 0.1) is 0 Å². The highest BCUT2D eigenvalue weighted by Crippen LogP contribution is 2.14. The molecular formula is C14H26O2Si2. The van der Waals surface area contributed by atoms with Crippen LogP contribution in [0.15, 0.2) is 24.3 Å². The van der Waals surface area contributed by atoms with E-state index in [0.29, 0.717) is 0 Å². The first kappa shape index (κ1) is 15.6. The fraction of sp³-hybridized carbons (Fsp3) is 0.571. The van der Waals surface area contributed by atoms with Crippen molar-refractivity contribution in [1.82, 2.24) is 0 Å². The van der Waals surface area contributed by atoms with Gasteiger partial charge in [0.05, 0.1) is 0 Å². The van der Waals surface area contributed by atoms with Crippen molar-refractivity contribution in [2.24, 2.45) is 0 Å². The van der Waals surface area contributed by atoms with Crippen LogP contribution >= 0.6 is 0 Å². The van der Waals surface area contributed by atoms with E-state index in [1.165, 1.54) is 0 Å². The Bertz CT molecular complexity index is 331. The van der Waals surface area contributed by atoms with Crippen molar-refractivity contribution in [2.75, 3.05) is 0 Å². The molecular weight excluding hydrogens is 256 g/mol. The van der Waals surface area contributed by atoms with E-state index in [4.69, 9.17) is 0 Å². The van der Waals surface area contributed by atoms with Gasteiger partial charge < -0.3 is 9.59 Å². The largest absolute Gasteiger partial charge is 0.427 e. The van der Waals surface area contributed by atoms with Crippen molar-refractivity contribution in [3.63, 3.8) is 0 Å². The molecule has 0 aliphatic carbocycles. The third-order valence-corrected chi connectivity index (χ3v) is 11.8. The van der Waals surface area contributed by atoms with Crippen molar-refractivity contribution in [3.8, 4) is 0 Å². The van der Waals surface area contributed by atoms with E-state index in [-0.39, 0.29) is 0 Å². The lowest BCUT2D eigenvalue weighted by atomic mass is 10.4. The van der Waals surface area contributed by atoms with Crippen molar-refractivity contribution < 1.29 is 9.59 Å². The first-order valence-electron chi connectivity index (χ1n) is 7.01. The minimum absolute atomic E-state index is 0.853. The van der Waals surface area contributed by atoms with Crippen LogP contribution in [0.2, 0.25) is 24.2 Å². The van der Waals surface area contributed by atoms with Crippen LogP contribution in [0.3, 0.4) is 0 Å². The quantitative estimate of drug-likeness (QED) is 0.784. The Labute approximate surface area is 113 Å². The van der Waals surface area contributed by atoms with Gasteiger partial charge in [0.1, 0.15) is 0 Å². The molecule has 102 valence electrons. The molecule has 0 aromatic heterocycles. The van der Waals surface area contributed by atoms with Gasteiger partial charge in [-0.1, -0.05) is 52.0 Å². The molecule has 0 aliphatic heterocycles. The average Bonchev–Trinajstić information content (AvgIpc) is 2.45. The molecule has 1 aromatic rings. The summed E-state index contributed by atoms with van der Waals surface area (Å²) >= 11 is 0. The van der Waals surface area contributed by atoms with Crippen LogP contribution < -0.4 is 10.4 Å². The minimum atomic E-state index is -2.24. The van der Waals surface area contributed by atoms with Crippen LogP contribution in [-0.4, -0.2) is 26.2 Å². The predicted molar refractivity (Wildman–Crippen MR) is 83.6 cm³/mol. The molecule has 0 saturated heterocycles. The lowest BCUT2D eigenvalue weighted by Crippen LogP contribution is -2.50. The first-order chi connectivity index (χ1) is 8.45. The Morgan fingerprint density at radius 2 is 0.889 bits per heavy atom. The molecule has 2 N–H and O–H groups in total. The summed E-state index contributed by atoms with van der Waals surface area (Å²) in [4.78, 5) is 21.2. The van der Waals surface area contributed by atoms with E-state index < -0.39 is 16.6 Å². The number of benzene rings is 1. The van der Waals surface area contributed by atoms with Crippen molar-refractivity contribution >= 4 is 27.0 Å². The predicted octanol–water partition coefficient (Wildman–Crippen LogP) is 2.06. The van der Waals surface area contributed by atoms with Crippen molar-refractivity contribution in [1.29, 1.82) is 0 Å². The van der Waals surface area contributed by atoms with E-state index in [2.05, 4.69) is 27.7 Å². The lowest BCUT2D eigenvalue weighted by molar-refractivity contribution is 0.548. The van der Waals surface area contributed by atoms with Gasteiger partial charge in [-0.05, 0) is 34.5 Å². The molecule has 18 heavy (non-hydrogen) atoms. The average molecular weight is 283 g/mol. The fourth-order valence-corrected chi connectivity index (χ4v) is 6.61. The lowest BCUT2D eigenvalue weighted by Gasteiger charge is -2.25. The van der Waals surface area contributed by atoms with Crippen LogP contribution in [0.4, 0.5) is 0 Å². The topological polar surface area (TPSA) is 40.5 Å². The standard InChI is InChI=1S/C14H26O2Si2/c1-5-17(15,6-2)13-9-11-14(12-10-13)18(16,7-3)8-4/h9-12,15-16H,5-8H2,1-4H3. The summed E-state index contributed by atoms with van der Waals surface area (Å²) in [6.45, 7) is 8.25. The SMILES string of the molecule is CC[Si](O)(CC)c1ccc([Si](O)(CC)CC)cc1. The van der Waals surface area contributed by atoms with Gasteiger partial charge in [0.25, 0.3) is 0 Å². The molecule has 0 spiro atoms. The maximum Gasteiger partial charge on any atom is 0.219 e. The zero-order valence-electron chi connectivity index (χ0n) is 12.0. The molecule has 0 fully saturated rings. The Morgan fingerprint density at radius 3 is 1.06 bits per heavy atom. The van der Waals surface area contributed by atoms with Gasteiger partial charge in [0.15, 0.2) is 0 Å². The Morgan fingerprint density at radius 1 is 0.667 bits per heavy atom. The monoisotopic (exact) mass is 282 g/mol. The Hall–Kier alpha value is -0.426. The van der Waals surface area contributed by atoms with E-state index in [0.717, 1.165) is 34.5 Å². The smallest absolute Gasteiger partial charge is 0.219 e. The van der Waals surface area contributed by atoms with Gasteiger partial charge in [-0.15, -0.1) is 0 Å². The molecule has 0 saturated carbocycles. The molecule has 1 rings (SSSR count). The summed E-state index contributed by atoms with van der Waals surface area (Å²) in [6, 6.07) is 11.6. The molecule has 0 radical (unpaired) electrons. The Kier molecular flexibility index (Phi) is 5.34. The first-order valence-corrected chi connectivity index (χ1v) is 11.7. The van der Waals surface area contributed by atoms with Crippen LogP contribution in [-0.2, 0) is 0 Å². The summed E-state index contributed by atoms with van der Waals surface area (Å²) in [5, 5.41) is 2.19. The zero-order valence-corrected chi connectivity index (χ0v) is 14.0. The highest BCUT2D eigenvalue weighted by Gasteiger charge is 2.32. The molecule has 0 amide bonds. The van der Waals surface area contributed by atoms with E-state index in [1.807, 2.05) is 24.3 Å². The molecule has 0 unspecified atom stereocenters. The summed E-state index contributed by atoms with van der Waals surface area (Å²) in [6.07, 6.45) is 0. The van der Waals surface area contributed by atoms with E-state index >= 15 is 0 Å². The number of hydrogen-bond donors (Lipinski definition) is 2. The second kappa shape index (κ2) is 6.15. The number of hydrogen-bond acceptors (Lipinski definition) is 2. The molecule has 1 aromatic carbocycles. The highest BCUT2D eigenvalue weighted by atomic mass is 28.4. The second-order valence-corrected chi connectivity index (χ2v) is 13.2. The molecule has 0 heterocycles. The van der Waals surface area contributed by atoms with Gasteiger partial charge in [-0.3, -0.25) is 0 Å². The molecule has 0 bridgehead atoms. The van der Waals surface area contributed by atoms with Crippen molar-refractivity contribution in [3.05, 3.63) is 24.3 Å². The summed E-state index contributed by atoms with van der Waals surface area (Å²) in [7, 11) is -4.48. The van der Waals surface area contributed by atoms with Crippen molar-refractivity contribution in [2.45, 2.75) is 51.9 Å². The van der Waals surface area contributed by atoms with Crippen LogP contribution in [0.25, 0.3) is 0 Å². The summed E-state index contributed by atoms with van der Waals surface area (Å²) < 4.78 is 0. The highest BCUT2D eigenvalue weighted by molar-refractivity contribution is 6.86. The second-order valence-electron chi connectivity index (χ2n) is 5.05. The van der Waals surface area contributed by atoms with E-state index in [1.54, 1.807) is 0 Å². The van der Waals surface area contributed by atoms with Gasteiger partial charge in [-0.2, -0.15) is 0 Å². The van der Waals surface area contributed by atoms with Gasteiger partial charge in [-0.25, -0.2) is 0 Å². The zero-order chi connectivity index (χ0) is 13.8. The molecule has 0 aliphatic rings.